The van der Waals surface area contributed by atoms with Crippen molar-refractivity contribution in [1.29, 1.82) is 0 Å². The number of aryl methyl sites for hydroxylation is 1. The zero-order valence-electron chi connectivity index (χ0n) is 25.0. The van der Waals surface area contributed by atoms with Gasteiger partial charge in [-0.15, -0.1) is 0 Å². The topological polar surface area (TPSA) is 56.0 Å². The Bertz CT molecular complexity index is 1470. The first-order valence-corrected chi connectivity index (χ1v) is 15.6. The second-order valence-electron chi connectivity index (χ2n) is 12.7. The Labute approximate surface area is 254 Å². The molecule has 3 saturated heterocycles. The molecule has 5 heteroatoms. The van der Waals surface area contributed by atoms with Crippen molar-refractivity contribution in [3.63, 3.8) is 0 Å². The Morgan fingerprint density at radius 3 is 1.40 bits per heavy atom. The van der Waals surface area contributed by atoms with Crippen LogP contribution in [-0.2, 0) is 26.0 Å². The highest BCUT2D eigenvalue weighted by atomic mass is 16.6. The molecule has 0 radical (unpaired) electrons. The molecule has 7 rings (SSSR count). The van der Waals surface area contributed by atoms with Gasteiger partial charge < -0.3 is 23.7 Å². The lowest BCUT2D eigenvalue weighted by Gasteiger charge is -2.26. The van der Waals surface area contributed by atoms with Crippen molar-refractivity contribution >= 4 is 0 Å². The summed E-state index contributed by atoms with van der Waals surface area (Å²) in [5.41, 5.74) is 4.93. The van der Waals surface area contributed by atoms with Crippen LogP contribution in [0.15, 0.2) is 97.1 Å². The summed E-state index contributed by atoms with van der Waals surface area (Å²) in [7, 11) is 0. The van der Waals surface area contributed by atoms with E-state index in [0.29, 0.717) is 24.2 Å². The molecule has 0 spiro atoms. The van der Waals surface area contributed by atoms with Crippen LogP contribution >= 0.6 is 0 Å². The van der Waals surface area contributed by atoms with E-state index in [2.05, 4.69) is 98.8 Å². The molecule has 222 valence electrons. The third-order valence-electron chi connectivity index (χ3n) is 8.96. The second kappa shape index (κ2) is 12.2. The number of hydrogen-bond acceptors (Lipinski definition) is 5. The van der Waals surface area contributed by atoms with E-state index in [1.807, 2.05) is 12.1 Å². The van der Waals surface area contributed by atoms with Gasteiger partial charge in [-0.2, -0.15) is 0 Å². The fourth-order valence-electron chi connectivity index (χ4n) is 5.82. The van der Waals surface area contributed by atoms with Gasteiger partial charge in [-0.3, -0.25) is 0 Å². The molecule has 0 bridgehead atoms. The lowest BCUT2D eigenvalue weighted by molar-refractivity contribution is 0.345. The van der Waals surface area contributed by atoms with E-state index < -0.39 is 0 Å². The molecule has 4 aromatic rings. The van der Waals surface area contributed by atoms with Crippen molar-refractivity contribution in [1.82, 2.24) is 0 Å². The van der Waals surface area contributed by atoms with Gasteiger partial charge >= 0.3 is 0 Å². The fraction of sp³-hybridized carbons (Fsp3) is 0.368. The zero-order valence-corrected chi connectivity index (χ0v) is 25.0. The Hall–Kier alpha value is -3.64. The van der Waals surface area contributed by atoms with Crippen LogP contribution in [-0.4, -0.2) is 38.1 Å². The first kappa shape index (κ1) is 28.1. The summed E-state index contributed by atoms with van der Waals surface area (Å²) in [6, 6.07) is 33.8. The number of epoxide rings is 3. The van der Waals surface area contributed by atoms with Crippen LogP contribution in [0.2, 0.25) is 0 Å². The maximum Gasteiger partial charge on any atom is 0.127 e. The minimum Gasteiger partial charge on any atom is -0.457 e. The number of hydrogen-bond donors (Lipinski definition) is 0. The second-order valence-corrected chi connectivity index (χ2v) is 12.7. The highest BCUT2D eigenvalue weighted by Crippen LogP contribution is 2.37. The lowest BCUT2D eigenvalue weighted by Crippen LogP contribution is -2.18. The third-order valence-corrected chi connectivity index (χ3v) is 8.96. The first-order valence-electron chi connectivity index (χ1n) is 15.6. The third kappa shape index (κ3) is 7.48. The molecule has 3 aliphatic heterocycles. The van der Waals surface area contributed by atoms with Crippen LogP contribution < -0.4 is 9.47 Å². The molecule has 5 nitrogen and oxygen atoms in total. The van der Waals surface area contributed by atoms with Crippen molar-refractivity contribution in [2.45, 2.75) is 69.2 Å². The summed E-state index contributed by atoms with van der Waals surface area (Å²) in [4.78, 5) is 0. The van der Waals surface area contributed by atoms with Gasteiger partial charge in [-0.25, -0.2) is 0 Å². The average Bonchev–Trinajstić information content (AvgIpc) is 3.87. The quantitative estimate of drug-likeness (QED) is 0.141. The van der Waals surface area contributed by atoms with Gasteiger partial charge in [0.25, 0.3) is 0 Å². The smallest absolute Gasteiger partial charge is 0.127 e. The van der Waals surface area contributed by atoms with E-state index >= 15 is 0 Å². The minimum absolute atomic E-state index is 0.169. The van der Waals surface area contributed by atoms with Gasteiger partial charge in [0.1, 0.15) is 23.0 Å². The highest BCUT2D eigenvalue weighted by molar-refractivity contribution is 5.44. The van der Waals surface area contributed by atoms with E-state index in [9.17, 15) is 0 Å². The lowest BCUT2D eigenvalue weighted by atomic mass is 9.78. The van der Waals surface area contributed by atoms with E-state index in [1.165, 1.54) is 22.3 Å². The Balaban J connectivity index is 0.948. The summed E-state index contributed by atoms with van der Waals surface area (Å²) in [5, 5.41) is 0. The molecular weight excluding hydrogens is 536 g/mol. The zero-order chi connectivity index (χ0) is 29.2. The molecule has 0 saturated carbocycles. The summed E-state index contributed by atoms with van der Waals surface area (Å²) in [6.07, 6.45) is 5.56. The van der Waals surface area contributed by atoms with E-state index in [-0.39, 0.29) is 5.41 Å². The average molecular weight is 577 g/mol. The molecule has 0 amide bonds. The van der Waals surface area contributed by atoms with E-state index in [1.54, 1.807) is 0 Å². The van der Waals surface area contributed by atoms with Crippen molar-refractivity contribution in [3.8, 4) is 23.0 Å². The number of rotatable bonds is 14. The fourth-order valence-corrected chi connectivity index (χ4v) is 5.82. The molecule has 0 aromatic heterocycles. The Kier molecular flexibility index (Phi) is 7.96. The molecule has 3 atom stereocenters. The van der Waals surface area contributed by atoms with Gasteiger partial charge in [0.2, 0.25) is 0 Å². The number of benzene rings is 4. The molecule has 3 aliphatic rings. The highest BCUT2D eigenvalue weighted by Gasteiger charge is 2.33. The summed E-state index contributed by atoms with van der Waals surface area (Å²) in [6.45, 7) is 7.19. The predicted molar refractivity (Wildman–Crippen MR) is 168 cm³/mol. The van der Waals surface area contributed by atoms with Crippen molar-refractivity contribution in [3.05, 3.63) is 119 Å². The molecule has 0 N–H and O–H groups in total. The van der Waals surface area contributed by atoms with Gasteiger partial charge in [0, 0.05) is 5.41 Å². The van der Waals surface area contributed by atoms with Crippen LogP contribution in [0, 0.1) is 0 Å². The van der Waals surface area contributed by atoms with Crippen molar-refractivity contribution in [2.24, 2.45) is 0 Å². The molecule has 3 unspecified atom stereocenters. The summed E-state index contributed by atoms with van der Waals surface area (Å²) in [5.74, 6) is 3.83. The first-order chi connectivity index (χ1) is 21.0. The van der Waals surface area contributed by atoms with Crippen LogP contribution in [0.25, 0.3) is 0 Å². The molecule has 3 heterocycles. The summed E-state index contributed by atoms with van der Waals surface area (Å²) >= 11 is 0. The monoisotopic (exact) mass is 576 g/mol. The standard InChI is InChI=1S/C38H40O5/c1-38(2,29-8-17-33(18-9-29)42-31-12-3-26(4-13-31)5-14-35-23-39-35)30-10-19-34(20-11-30)43-32-15-6-27(7-16-32)28(21-36-24-40-36)22-37-25-41-37/h3-4,6-13,15-20,28,35-37H,5,14,21-25H2,1-2H3. The van der Waals surface area contributed by atoms with Gasteiger partial charge in [0.15, 0.2) is 0 Å². The van der Waals surface area contributed by atoms with Crippen LogP contribution in [0.4, 0.5) is 0 Å². The molecular formula is C38H40O5. The largest absolute Gasteiger partial charge is 0.457 e. The van der Waals surface area contributed by atoms with Gasteiger partial charge in [-0.05, 0) is 102 Å². The van der Waals surface area contributed by atoms with Gasteiger partial charge in [0.05, 0.1) is 38.1 Å². The van der Waals surface area contributed by atoms with Gasteiger partial charge in [-0.1, -0.05) is 62.4 Å². The van der Waals surface area contributed by atoms with Crippen LogP contribution in [0.1, 0.15) is 61.3 Å². The predicted octanol–water partition coefficient (Wildman–Crippen LogP) is 8.59. The molecule has 3 fully saturated rings. The molecule has 4 aromatic carbocycles. The Morgan fingerprint density at radius 2 is 0.977 bits per heavy atom. The van der Waals surface area contributed by atoms with E-state index in [0.717, 1.165) is 68.5 Å². The molecule has 0 aliphatic carbocycles. The SMILES string of the molecule is CC(C)(c1ccc(Oc2ccc(CCC3CO3)cc2)cc1)c1ccc(Oc2ccc(C(CC3CO3)CC3CO3)cc2)cc1. The van der Waals surface area contributed by atoms with Crippen molar-refractivity contribution < 1.29 is 23.7 Å². The molecule has 43 heavy (non-hydrogen) atoms. The number of ether oxygens (including phenoxy) is 5. The Morgan fingerprint density at radius 1 is 0.581 bits per heavy atom. The normalized spacial score (nSPS) is 21.2. The maximum absolute atomic E-state index is 6.21. The minimum atomic E-state index is -0.169. The van der Waals surface area contributed by atoms with Crippen molar-refractivity contribution in [2.75, 3.05) is 19.8 Å². The summed E-state index contributed by atoms with van der Waals surface area (Å²) < 4.78 is 28.6. The van der Waals surface area contributed by atoms with E-state index in [4.69, 9.17) is 23.7 Å². The van der Waals surface area contributed by atoms with Crippen LogP contribution in [0.3, 0.4) is 0 Å². The van der Waals surface area contributed by atoms with Crippen LogP contribution in [0.5, 0.6) is 23.0 Å². The maximum atomic E-state index is 6.21.